The molecule has 1 aliphatic heterocycles. The van der Waals surface area contributed by atoms with Gasteiger partial charge in [-0.2, -0.15) is 5.26 Å². The second kappa shape index (κ2) is 4.62. The van der Waals surface area contributed by atoms with E-state index in [9.17, 15) is 9.59 Å². The van der Waals surface area contributed by atoms with Gasteiger partial charge in [0.05, 0.1) is 17.9 Å². The summed E-state index contributed by atoms with van der Waals surface area (Å²) in [4.78, 5) is 23.9. The van der Waals surface area contributed by atoms with Gasteiger partial charge in [0.25, 0.3) is 0 Å². The third-order valence-corrected chi connectivity index (χ3v) is 2.45. The van der Waals surface area contributed by atoms with Crippen LogP contribution in [0.3, 0.4) is 0 Å². The third-order valence-electron chi connectivity index (χ3n) is 2.45. The van der Waals surface area contributed by atoms with Crippen LogP contribution < -0.4 is 0 Å². The lowest BCUT2D eigenvalue weighted by atomic mass is 9.98. The Bertz CT molecular complexity index is 367. The van der Waals surface area contributed by atoms with Crippen molar-refractivity contribution in [3.63, 3.8) is 0 Å². The first kappa shape index (κ1) is 13.3. The quantitative estimate of drug-likeness (QED) is 0.740. The number of likely N-dealkylation sites (tertiary alicyclic amines) is 1. The highest BCUT2D eigenvalue weighted by atomic mass is 16.6. The lowest BCUT2D eigenvalue weighted by Gasteiger charge is -2.24. The maximum Gasteiger partial charge on any atom is 0.410 e. The van der Waals surface area contributed by atoms with Gasteiger partial charge < -0.3 is 14.7 Å². The van der Waals surface area contributed by atoms with Crippen LogP contribution in [0.25, 0.3) is 0 Å². The molecule has 0 saturated carbocycles. The fourth-order valence-corrected chi connectivity index (χ4v) is 1.66. The first-order valence-electron chi connectivity index (χ1n) is 5.35. The average molecular weight is 240 g/mol. The molecule has 94 valence electrons. The molecule has 2 atom stereocenters. The first-order chi connectivity index (χ1) is 7.74. The molecule has 1 amide bonds. The zero-order valence-corrected chi connectivity index (χ0v) is 10.1. The highest BCUT2D eigenvalue weighted by Crippen LogP contribution is 2.24. The molecule has 0 aromatic rings. The van der Waals surface area contributed by atoms with Crippen molar-refractivity contribution in [1.29, 1.82) is 5.26 Å². The highest BCUT2D eigenvalue weighted by molar-refractivity contribution is 5.75. The minimum atomic E-state index is -1.05. The summed E-state index contributed by atoms with van der Waals surface area (Å²) in [5, 5.41) is 17.7. The third kappa shape index (κ3) is 3.34. The minimum absolute atomic E-state index is 0.0302. The maximum absolute atomic E-state index is 11.7. The summed E-state index contributed by atoms with van der Waals surface area (Å²) in [5.41, 5.74) is -0.624. The molecule has 17 heavy (non-hydrogen) atoms. The van der Waals surface area contributed by atoms with Gasteiger partial charge in [0.2, 0.25) is 0 Å². The van der Waals surface area contributed by atoms with E-state index < -0.39 is 29.5 Å². The van der Waals surface area contributed by atoms with E-state index in [0.29, 0.717) is 0 Å². The Kier molecular flexibility index (Phi) is 3.61. The number of hydrogen-bond acceptors (Lipinski definition) is 4. The number of ether oxygens (including phenoxy) is 1. The van der Waals surface area contributed by atoms with Crippen molar-refractivity contribution in [2.75, 3.05) is 13.1 Å². The number of nitrogens with zero attached hydrogens (tertiary/aromatic N) is 2. The number of nitriles is 1. The molecule has 1 N–H and O–H groups in total. The lowest BCUT2D eigenvalue weighted by Crippen LogP contribution is -2.35. The van der Waals surface area contributed by atoms with Crippen molar-refractivity contribution in [3.05, 3.63) is 0 Å². The summed E-state index contributed by atoms with van der Waals surface area (Å²) < 4.78 is 5.13. The Morgan fingerprint density at radius 1 is 1.41 bits per heavy atom. The predicted octanol–water partition coefficient (Wildman–Crippen LogP) is 1.08. The van der Waals surface area contributed by atoms with Gasteiger partial charge in [0.15, 0.2) is 0 Å². The van der Waals surface area contributed by atoms with Gasteiger partial charge in [0.1, 0.15) is 5.60 Å². The standard InChI is InChI=1S/C11H16N2O4/c1-11(2,3)17-10(16)13-5-7(4-12)8(6-13)9(14)15/h7-8H,5-6H2,1-3H3,(H,14,15). The van der Waals surface area contributed by atoms with Crippen molar-refractivity contribution in [1.82, 2.24) is 4.90 Å². The zero-order chi connectivity index (χ0) is 13.2. The molecule has 0 radical (unpaired) electrons. The van der Waals surface area contributed by atoms with Crippen LogP contribution in [0.2, 0.25) is 0 Å². The van der Waals surface area contributed by atoms with Gasteiger partial charge in [-0.25, -0.2) is 4.79 Å². The Morgan fingerprint density at radius 3 is 2.35 bits per heavy atom. The predicted molar refractivity (Wildman–Crippen MR) is 58.0 cm³/mol. The number of carbonyl (C=O) groups is 2. The number of carbonyl (C=O) groups excluding carboxylic acids is 1. The van der Waals surface area contributed by atoms with Crippen molar-refractivity contribution in [2.45, 2.75) is 26.4 Å². The van der Waals surface area contributed by atoms with E-state index in [4.69, 9.17) is 15.1 Å². The fraction of sp³-hybridized carbons (Fsp3) is 0.727. The van der Waals surface area contributed by atoms with Crippen LogP contribution in [0.1, 0.15) is 20.8 Å². The SMILES string of the molecule is CC(C)(C)OC(=O)N1CC(C#N)C(C(=O)O)C1. The number of carboxylic acid groups (broad SMARTS) is 1. The molecule has 2 unspecified atom stereocenters. The second-order valence-electron chi connectivity index (χ2n) is 5.07. The summed E-state index contributed by atoms with van der Waals surface area (Å²) in [5.74, 6) is -2.55. The number of carboxylic acids is 1. The summed E-state index contributed by atoms with van der Waals surface area (Å²) in [6.07, 6.45) is -0.568. The van der Waals surface area contributed by atoms with Crippen LogP contribution in [0, 0.1) is 23.2 Å². The number of rotatable bonds is 1. The van der Waals surface area contributed by atoms with Crippen LogP contribution in [-0.2, 0) is 9.53 Å². The largest absolute Gasteiger partial charge is 0.481 e. The van der Waals surface area contributed by atoms with E-state index in [1.54, 1.807) is 20.8 Å². The first-order valence-corrected chi connectivity index (χ1v) is 5.35. The molecule has 0 aromatic carbocycles. The topological polar surface area (TPSA) is 90.6 Å². The maximum atomic E-state index is 11.7. The van der Waals surface area contributed by atoms with Crippen molar-refractivity contribution >= 4 is 12.1 Å². The molecule has 6 nitrogen and oxygen atoms in total. The molecule has 6 heteroatoms. The van der Waals surface area contributed by atoms with E-state index in [0.717, 1.165) is 0 Å². The zero-order valence-electron chi connectivity index (χ0n) is 10.1. The van der Waals surface area contributed by atoms with Gasteiger partial charge in [-0.1, -0.05) is 0 Å². The Balaban J connectivity index is 2.68. The van der Waals surface area contributed by atoms with Crippen LogP contribution in [0.5, 0.6) is 0 Å². The summed E-state index contributed by atoms with van der Waals surface area (Å²) >= 11 is 0. The second-order valence-corrected chi connectivity index (χ2v) is 5.07. The molecule has 1 rings (SSSR count). The smallest absolute Gasteiger partial charge is 0.410 e. The molecule has 0 aromatic heterocycles. The Hall–Kier alpha value is -1.77. The average Bonchev–Trinajstić information content (AvgIpc) is 2.58. The normalized spacial score (nSPS) is 24.2. The molecule has 0 spiro atoms. The molecule has 0 bridgehead atoms. The summed E-state index contributed by atoms with van der Waals surface area (Å²) in [6.45, 7) is 5.34. The summed E-state index contributed by atoms with van der Waals surface area (Å²) in [7, 11) is 0. The number of aliphatic carboxylic acids is 1. The molecule has 1 fully saturated rings. The molecular formula is C11H16N2O4. The van der Waals surface area contributed by atoms with Crippen LogP contribution in [0.4, 0.5) is 4.79 Å². The molecule has 1 saturated heterocycles. The molecular weight excluding hydrogens is 224 g/mol. The van der Waals surface area contributed by atoms with E-state index in [1.807, 2.05) is 6.07 Å². The van der Waals surface area contributed by atoms with Crippen molar-refractivity contribution < 1.29 is 19.4 Å². The Labute approximate surface area is 99.8 Å². The van der Waals surface area contributed by atoms with Gasteiger partial charge in [-0.05, 0) is 20.8 Å². The fourth-order valence-electron chi connectivity index (χ4n) is 1.66. The Morgan fingerprint density at radius 2 is 2.00 bits per heavy atom. The van der Waals surface area contributed by atoms with Crippen molar-refractivity contribution in [2.24, 2.45) is 11.8 Å². The highest BCUT2D eigenvalue weighted by Gasteiger charge is 2.41. The monoisotopic (exact) mass is 240 g/mol. The van der Waals surface area contributed by atoms with E-state index >= 15 is 0 Å². The number of amides is 1. The summed E-state index contributed by atoms with van der Waals surface area (Å²) in [6, 6.07) is 1.91. The van der Waals surface area contributed by atoms with Crippen LogP contribution >= 0.6 is 0 Å². The minimum Gasteiger partial charge on any atom is -0.481 e. The van der Waals surface area contributed by atoms with E-state index in [1.165, 1.54) is 4.90 Å². The van der Waals surface area contributed by atoms with Gasteiger partial charge >= 0.3 is 12.1 Å². The van der Waals surface area contributed by atoms with E-state index in [2.05, 4.69) is 0 Å². The number of hydrogen-bond donors (Lipinski definition) is 1. The van der Waals surface area contributed by atoms with Crippen molar-refractivity contribution in [3.8, 4) is 6.07 Å². The van der Waals surface area contributed by atoms with Gasteiger partial charge in [-0.3, -0.25) is 4.79 Å². The van der Waals surface area contributed by atoms with E-state index in [-0.39, 0.29) is 13.1 Å². The van der Waals surface area contributed by atoms with Crippen LogP contribution in [-0.4, -0.2) is 40.8 Å². The molecule has 1 heterocycles. The lowest BCUT2D eigenvalue weighted by molar-refractivity contribution is -0.141. The van der Waals surface area contributed by atoms with Crippen LogP contribution in [0.15, 0.2) is 0 Å². The van der Waals surface area contributed by atoms with Gasteiger partial charge in [0, 0.05) is 13.1 Å². The van der Waals surface area contributed by atoms with Gasteiger partial charge in [-0.15, -0.1) is 0 Å². The molecule has 0 aliphatic carbocycles. The molecule has 1 aliphatic rings.